The number of benzene rings is 3. The Kier molecular flexibility index (Phi) is 8.67. The number of rotatable bonds is 10. The maximum atomic E-state index is 13.6. The molecule has 4 rings (SSSR count). The molecule has 8 nitrogen and oxygen atoms in total. The number of fused-ring (bicyclic) bond motifs is 1. The number of hydrogen-bond donors (Lipinski definition) is 2. The molecule has 0 radical (unpaired) electrons. The van der Waals surface area contributed by atoms with Crippen LogP contribution in [0.15, 0.2) is 65.1 Å². The van der Waals surface area contributed by atoms with Crippen molar-refractivity contribution in [1.29, 1.82) is 0 Å². The van der Waals surface area contributed by atoms with E-state index >= 15 is 0 Å². The van der Waals surface area contributed by atoms with E-state index in [-0.39, 0.29) is 33.7 Å². The topological polar surface area (TPSA) is 109 Å². The normalized spacial score (nSPS) is 11.9. The van der Waals surface area contributed by atoms with E-state index in [9.17, 15) is 31.2 Å². The average Bonchev–Trinajstić information content (AvgIpc) is 3.33. The Hall–Kier alpha value is -4.32. The minimum atomic E-state index is -4.00. The van der Waals surface area contributed by atoms with E-state index in [1.54, 1.807) is 12.1 Å². The van der Waals surface area contributed by atoms with Crippen LogP contribution in [0, 0.1) is 5.82 Å². The molecule has 0 bridgehead atoms. The van der Waals surface area contributed by atoms with Crippen LogP contribution in [-0.2, 0) is 10.0 Å². The van der Waals surface area contributed by atoms with Gasteiger partial charge in [0.15, 0.2) is 0 Å². The fourth-order valence-electron chi connectivity index (χ4n) is 4.51. The Morgan fingerprint density at radius 3 is 2.26 bits per heavy atom. The van der Waals surface area contributed by atoms with E-state index in [2.05, 4.69) is 10.6 Å². The third kappa shape index (κ3) is 6.28. The third-order valence-electron chi connectivity index (χ3n) is 6.55. The van der Waals surface area contributed by atoms with Gasteiger partial charge in [-0.2, -0.15) is 0 Å². The molecule has 0 fully saturated rings. The van der Waals surface area contributed by atoms with Crippen molar-refractivity contribution in [3.8, 4) is 22.5 Å². The highest BCUT2D eigenvalue weighted by Crippen LogP contribution is 2.41. The van der Waals surface area contributed by atoms with Gasteiger partial charge >= 0.3 is 0 Å². The van der Waals surface area contributed by atoms with Crippen molar-refractivity contribution in [2.75, 3.05) is 37.5 Å². The number of nitrogens with one attached hydrogen (secondary N) is 2. The Morgan fingerprint density at radius 2 is 1.67 bits per heavy atom. The quantitative estimate of drug-likeness (QED) is 0.250. The number of amides is 2. The summed E-state index contributed by atoms with van der Waals surface area (Å²) in [5.74, 6) is -1.45. The number of anilines is 1. The second-order valence-corrected chi connectivity index (χ2v) is 12.2. The Labute approximate surface area is 241 Å². The number of carbonyl (C=O) groups is 2. The molecule has 2 N–H and O–H groups in total. The number of alkyl halides is 2. The van der Waals surface area contributed by atoms with E-state index in [1.807, 2.05) is 0 Å². The summed E-state index contributed by atoms with van der Waals surface area (Å²) in [6, 6.07) is 14.4. The zero-order valence-corrected chi connectivity index (χ0v) is 24.2. The molecule has 42 heavy (non-hydrogen) atoms. The maximum absolute atomic E-state index is 13.6. The second-order valence-electron chi connectivity index (χ2n) is 10.3. The van der Waals surface area contributed by atoms with E-state index in [4.69, 9.17) is 4.42 Å². The molecule has 0 spiro atoms. The van der Waals surface area contributed by atoms with Crippen LogP contribution in [0.3, 0.4) is 0 Å². The number of hydrogen-bond acceptors (Lipinski definition) is 5. The van der Waals surface area contributed by atoms with Crippen LogP contribution >= 0.6 is 0 Å². The minimum Gasteiger partial charge on any atom is -0.455 e. The molecule has 12 heteroatoms. The Balaban J connectivity index is 2.03. The molecule has 0 saturated carbocycles. The van der Waals surface area contributed by atoms with Crippen LogP contribution in [0.1, 0.15) is 34.6 Å². The molecular weight excluding hydrogens is 571 g/mol. The van der Waals surface area contributed by atoms with Crippen molar-refractivity contribution < 1.29 is 35.6 Å². The van der Waals surface area contributed by atoms with Gasteiger partial charge in [0.1, 0.15) is 30.5 Å². The highest BCUT2D eigenvalue weighted by atomic mass is 32.2. The van der Waals surface area contributed by atoms with E-state index in [0.29, 0.717) is 16.5 Å². The lowest BCUT2D eigenvalue weighted by Gasteiger charge is -2.25. The van der Waals surface area contributed by atoms with Gasteiger partial charge in [-0.05, 0) is 61.9 Å². The summed E-state index contributed by atoms with van der Waals surface area (Å²) in [5, 5.41) is 5.47. The number of nitrogens with zero attached hydrogens (tertiary/aromatic N) is 1. The number of furan rings is 1. The van der Waals surface area contributed by atoms with Crippen LogP contribution in [-0.4, -0.2) is 59.0 Å². The molecular formula is C30H30F3N3O5S. The molecule has 0 aliphatic heterocycles. The molecule has 0 aliphatic carbocycles. The molecule has 3 aromatic carbocycles. The van der Waals surface area contributed by atoms with Crippen molar-refractivity contribution in [2.24, 2.45) is 0 Å². The summed E-state index contributed by atoms with van der Waals surface area (Å²) in [5.41, 5.74) is 0.359. The van der Waals surface area contributed by atoms with Crippen LogP contribution in [0.4, 0.5) is 18.9 Å². The van der Waals surface area contributed by atoms with Gasteiger partial charge in [0.25, 0.3) is 11.8 Å². The van der Waals surface area contributed by atoms with Crippen molar-refractivity contribution in [2.45, 2.75) is 19.4 Å². The van der Waals surface area contributed by atoms with Gasteiger partial charge in [0, 0.05) is 35.2 Å². The first-order chi connectivity index (χ1) is 19.8. The highest BCUT2D eigenvalue weighted by Gasteiger charge is 2.28. The minimum absolute atomic E-state index is 0.0483. The summed E-state index contributed by atoms with van der Waals surface area (Å²) in [4.78, 5) is 26.0. The molecule has 0 unspecified atom stereocenters. The number of sulfonamides is 1. The maximum Gasteiger partial charge on any atom is 0.255 e. The van der Waals surface area contributed by atoms with Gasteiger partial charge in [-0.3, -0.25) is 13.9 Å². The first-order valence-electron chi connectivity index (χ1n) is 12.9. The largest absolute Gasteiger partial charge is 0.455 e. The van der Waals surface area contributed by atoms with Gasteiger partial charge in [-0.25, -0.2) is 21.6 Å². The lowest BCUT2D eigenvalue weighted by molar-refractivity contribution is 0.0898. The molecule has 1 heterocycles. The molecule has 0 aliphatic rings. The van der Waals surface area contributed by atoms with E-state index in [1.165, 1.54) is 69.4 Å². The summed E-state index contributed by atoms with van der Waals surface area (Å²) in [6.45, 7) is 0.758. The fourth-order valence-corrected chi connectivity index (χ4v) is 5.42. The predicted molar refractivity (Wildman–Crippen MR) is 156 cm³/mol. The van der Waals surface area contributed by atoms with Crippen molar-refractivity contribution in [1.82, 2.24) is 10.6 Å². The molecule has 4 aromatic rings. The van der Waals surface area contributed by atoms with E-state index in [0.717, 1.165) is 10.6 Å². The zero-order chi connectivity index (χ0) is 30.8. The van der Waals surface area contributed by atoms with Gasteiger partial charge < -0.3 is 15.1 Å². The first kappa shape index (κ1) is 30.6. The lowest BCUT2D eigenvalue weighted by atomic mass is 9.96. The Bertz CT molecular complexity index is 1750. The second kappa shape index (κ2) is 11.9. The Morgan fingerprint density at radius 1 is 0.976 bits per heavy atom. The molecule has 2 amide bonds. The fraction of sp³-hybridized carbons (Fsp3) is 0.267. The first-order valence-corrected chi connectivity index (χ1v) is 14.8. The summed E-state index contributed by atoms with van der Waals surface area (Å²) >= 11 is 0. The SMILES string of the molecule is CNC(=O)c1c(-c2ccc(F)cc2)oc2cc(N(CCF)S(C)(=O)=O)c(-c3cccc(C(=O)NC(C)(C)CF)c3)cc12. The van der Waals surface area contributed by atoms with Gasteiger partial charge in [0.05, 0.1) is 29.6 Å². The van der Waals surface area contributed by atoms with Crippen LogP contribution < -0.4 is 14.9 Å². The number of carbonyl (C=O) groups excluding carboxylic acids is 2. The standard InChI is InChI=1S/C30H30F3N3O5S/c1-30(2,17-32)35-28(37)20-7-5-6-19(14-20)22-15-23-25(16-24(22)36(13-12-31)42(4,39)40)41-27(26(23)29(38)34-3)18-8-10-21(33)11-9-18/h5-11,14-16H,12-13,17H2,1-4H3,(H,34,38)(H,35,37). The van der Waals surface area contributed by atoms with Gasteiger partial charge in [-0.15, -0.1) is 0 Å². The summed E-state index contributed by atoms with van der Waals surface area (Å²) in [6.07, 6.45) is 0.932. The zero-order valence-electron chi connectivity index (χ0n) is 23.4. The number of halogens is 3. The monoisotopic (exact) mass is 601 g/mol. The van der Waals surface area contributed by atoms with Crippen molar-refractivity contribution in [3.05, 3.63) is 77.6 Å². The predicted octanol–water partition coefficient (Wildman–Crippen LogP) is 5.48. The third-order valence-corrected chi connectivity index (χ3v) is 7.73. The lowest BCUT2D eigenvalue weighted by Crippen LogP contribution is -2.45. The summed E-state index contributed by atoms with van der Waals surface area (Å²) in [7, 11) is -2.58. The smallest absolute Gasteiger partial charge is 0.255 e. The van der Waals surface area contributed by atoms with Crippen LogP contribution in [0.5, 0.6) is 0 Å². The van der Waals surface area contributed by atoms with Crippen LogP contribution in [0.25, 0.3) is 33.4 Å². The van der Waals surface area contributed by atoms with Gasteiger partial charge in [-0.1, -0.05) is 12.1 Å². The molecule has 0 saturated heterocycles. The highest BCUT2D eigenvalue weighted by molar-refractivity contribution is 7.92. The van der Waals surface area contributed by atoms with E-state index < -0.39 is 53.1 Å². The summed E-state index contributed by atoms with van der Waals surface area (Å²) < 4.78 is 73.2. The molecule has 222 valence electrons. The average molecular weight is 602 g/mol. The molecule has 1 aromatic heterocycles. The van der Waals surface area contributed by atoms with Crippen molar-refractivity contribution in [3.63, 3.8) is 0 Å². The molecule has 0 atom stereocenters. The van der Waals surface area contributed by atoms with Gasteiger partial charge in [0.2, 0.25) is 10.0 Å². The van der Waals surface area contributed by atoms with Crippen LogP contribution in [0.2, 0.25) is 0 Å². The van der Waals surface area contributed by atoms with Crippen molar-refractivity contribution >= 4 is 38.5 Å².